The molecule has 0 saturated carbocycles. The Morgan fingerprint density at radius 2 is 1.67 bits per heavy atom. The van der Waals surface area contributed by atoms with E-state index >= 15 is 0 Å². The number of nitrogens with zero attached hydrogens (tertiary/aromatic N) is 1. The minimum Gasteiger partial charge on any atom is -0.495 e. The molecule has 3 aromatic rings. The Labute approximate surface area is 203 Å². The van der Waals surface area contributed by atoms with Crippen molar-refractivity contribution in [2.24, 2.45) is 0 Å². The van der Waals surface area contributed by atoms with E-state index in [-0.39, 0.29) is 12.3 Å². The van der Waals surface area contributed by atoms with E-state index in [2.05, 4.69) is 0 Å². The first-order valence-electron chi connectivity index (χ1n) is 10.8. The average molecular weight is 486 g/mol. The number of anilines is 1. The van der Waals surface area contributed by atoms with Crippen LogP contribution in [0.5, 0.6) is 17.2 Å². The molecular weight excluding hydrogens is 461 g/mol. The van der Waals surface area contributed by atoms with Crippen molar-refractivity contribution in [3.63, 3.8) is 0 Å². The number of hydrogen-bond donors (Lipinski definition) is 0. The molecule has 1 amide bonds. The maximum atomic E-state index is 13.5. The number of amides is 1. The van der Waals surface area contributed by atoms with Crippen LogP contribution in [0.25, 0.3) is 0 Å². The Balaban J connectivity index is 1.93. The van der Waals surface area contributed by atoms with Gasteiger partial charge in [-0.15, -0.1) is 0 Å². The van der Waals surface area contributed by atoms with E-state index in [9.17, 15) is 4.79 Å². The third-order valence-corrected chi connectivity index (χ3v) is 6.08. The lowest BCUT2D eigenvalue weighted by atomic mass is 9.86. The predicted molar refractivity (Wildman–Crippen MR) is 131 cm³/mol. The normalized spacial score (nSPS) is 15.2. The van der Waals surface area contributed by atoms with Crippen LogP contribution in [0.3, 0.4) is 0 Å². The number of carbonyl (C=O) groups is 1. The zero-order valence-electron chi connectivity index (χ0n) is 18.7. The number of fused-ring (bicyclic) bond motifs is 1. The summed E-state index contributed by atoms with van der Waals surface area (Å²) in [5.74, 6) is 1.77. The fourth-order valence-electron chi connectivity index (χ4n) is 4.20. The lowest BCUT2D eigenvalue weighted by Gasteiger charge is -2.38. The minimum atomic E-state index is -0.417. The summed E-state index contributed by atoms with van der Waals surface area (Å²) in [7, 11) is 1.56. The summed E-state index contributed by atoms with van der Waals surface area (Å²) in [5, 5.41) is 1.02. The Morgan fingerprint density at radius 3 is 2.30 bits per heavy atom. The van der Waals surface area contributed by atoms with E-state index in [0.717, 1.165) is 16.7 Å². The molecule has 1 aliphatic heterocycles. The van der Waals surface area contributed by atoms with Crippen LogP contribution in [0.1, 0.15) is 36.6 Å². The second-order valence-corrected chi connectivity index (χ2v) is 8.42. The van der Waals surface area contributed by atoms with Gasteiger partial charge in [-0.25, -0.2) is 0 Å². The van der Waals surface area contributed by atoms with E-state index in [0.29, 0.717) is 46.2 Å². The molecule has 5 nitrogen and oxygen atoms in total. The van der Waals surface area contributed by atoms with Crippen LogP contribution in [0.2, 0.25) is 10.0 Å². The highest BCUT2D eigenvalue weighted by atomic mass is 35.5. The van der Waals surface area contributed by atoms with Gasteiger partial charge in [0.2, 0.25) is 5.91 Å². The van der Waals surface area contributed by atoms with Crippen molar-refractivity contribution in [3.05, 3.63) is 81.3 Å². The molecule has 33 heavy (non-hydrogen) atoms. The number of methoxy groups -OCH3 is 1. The van der Waals surface area contributed by atoms with Gasteiger partial charge >= 0.3 is 0 Å². The molecule has 0 radical (unpaired) electrons. The fraction of sp³-hybridized carbons (Fsp3) is 0.269. The lowest BCUT2D eigenvalue weighted by molar-refractivity contribution is -0.118. The highest BCUT2D eigenvalue weighted by Gasteiger charge is 2.36. The molecule has 3 aromatic carbocycles. The maximum Gasteiger partial charge on any atom is 0.232 e. The molecule has 0 unspecified atom stereocenters. The van der Waals surface area contributed by atoms with Gasteiger partial charge in [0.15, 0.2) is 11.5 Å². The van der Waals surface area contributed by atoms with Crippen molar-refractivity contribution >= 4 is 34.8 Å². The first-order valence-corrected chi connectivity index (χ1v) is 11.6. The van der Waals surface area contributed by atoms with Gasteiger partial charge in [-0.3, -0.25) is 4.79 Å². The van der Waals surface area contributed by atoms with Gasteiger partial charge in [0, 0.05) is 10.7 Å². The van der Waals surface area contributed by atoms with Crippen LogP contribution in [0.4, 0.5) is 5.69 Å². The van der Waals surface area contributed by atoms with Crippen LogP contribution < -0.4 is 19.1 Å². The highest BCUT2D eigenvalue weighted by molar-refractivity contribution is 6.32. The maximum absolute atomic E-state index is 13.5. The van der Waals surface area contributed by atoms with Gasteiger partial charge in [0.1, 0.15) is 5.75 Å². The molecule has 4 rings (SSSR count). The average Bonchev–Trinajstić information content (AvgIpc) is 2.79. The first-order chi connectivity index (χ1) is 16.0. The van der Waals surface area contributed by atoms with Crippen LogP contribution in [0.15, 0.2) is 54.6 Å². The van der Waals surface area contributed by atoms with Gasteiger partial charge in [-0.1, -0.05) is 35.3 Å². The van der Waals surface area contributed by atoms with Crippen molar-refractivity contribution in [1.29, 1.82) is 0 Å². The second kappa shape index (κ2) is 9.94. The summed E-state index contributed by atoms with van der Waals surface area (Å²) in [6.45, 7) is 4.85. The monoisotopic (exact) mass is 485 g/mol. The molecule has 7 heteroatoms. The van der Waals surface area contributed by atoms with Crippen LogP contribution in [0, 0.1) is 0 Å². The quantitative estimate of drug-likeness (QED) is 0.384. The van der Waals surface area contributed by atoms with E-state index in [1.807, 2.05) is 56.3 Å². The molecular formula is C26H25Cl2NO4. The van der Waals surface area contributed by atoms with Crippen LogP contribution in [-0.4, -0.2) is 26.2 Å². The molecule has 0 aromatic heterocycles. The third kappa shape index (κ3) is 4.61. The van der Waals surface area contributed by atoms with Gasteiger partial charge in [-0.2, -0.15) is 0 Å². The molecule has 0 saturated heterocycles. The molecule has 0 fully saturated rings. The Morgan fingerprint density at radius 1 is 0.939 bits per heavy atom. The SMILES string of the molecule is CCOc1cc2c(cc1OCC)[C@H](c1cccc(Cl)c1)N(c1ccc(OC)c(Cl)c1)C(=O)C2. The standard InChI is InChI=1S/C26H25Cl2NO4/c1-4-32-23-12-17-13-25(30)29(19-9-10-22(31-3)21(28)14-19)26(16-7-6-8-18(27)11-16)20(17)15-24(23)33-5-2/h6-12,14-15,26H,4-5,13H2,1-3H3/t26-/m0/s1. The zero-order chi connectivity index (χ0) is 23.5. The molecule has 0 spiro atoms. The van der Waals surface area contributed by atoms with Crippen LogP contribution >= 0.6 is 23.2 Å². The number of benzene rings is 3. The summed E-state index contributed by atoms with van der Waals surface area (Å²) in [6.07, 6.45) is 0.225. The van der Waals surface area contributed by atoms with Crippen molar-refractivity contribution in [3.8, 4) is 17.2 Å². The van der Waals surface area contributed by atoms with E-state index in [4.69, 9.17) is 37.4 Å². The largest absolute Gasteiger partial charge is 0.495 e. The van der Waals surface area contributed by atoms with Crippen molar-refractivity contribution in [2.75, 3.05) is 25.2 Å². The fourth-order valence-corrected chi connectivity index (χ4v) is 4.65. The summed E-state index contributed by atoms with van der Waals surface area (Å²) in [4.78, 5) is 15.3. The first kappa shape index (κ1) is 23.3. The Kier molecular flexibility index (Phi) is 7.01. The number of rotatable bonds is 7. The number of carbonyl (C=O) groups excluding carboxylic acids is 1. The Hall–Kier alpha value is -2.89. The van der Waals surface area contributed by atoms with Crippen molar-refractivity contribution in [2.45, 2.75) is 26.3 Å². The molecule has 1 aliphatic rings. The summed E-state index contributed by atoms with van der Waals surface area (Å²) >= 11 is 12.8. The second-order valence-electron chi connectivity index (χ2n) is 7.58. The summed E-state index contributed by atoms with van der Waals surface area (Å²) in [5.41, 5.74) is 3.41. The molecule has 0 bridgehead atoms. The Bertz CT molecular complexity index is 1180. The third-order valence-electron chi connectivity index (χ3n) is 5.55. The van der Waals surface area contributed by atoms with E-state index in [1.54, 1.807) is 24.1 Å². The smallest absolute Gasteiger partial charge is 0.232 e. The lowest BCUT2D eigenvalue weighted by Crippen LogP contribution is -2.41. The van der Waals surface area contributed by atoms with Crippen molar-refractivity contribution < 1.29 is 19.0 Å². The number of ether oxygens (including phenoxy) is 3. The molecule has 0 aliphatic carbocycles. The molecule has 172 valence electrons. The van der Waals surface area contributed by atoms with E-state index in [1.165, 1.54) is 0 Å². The van der Waals surface area contributed by atoms with Gasteiger partial charge in [0.05, 0.1) is 37.8 Å². The number of halogens is 2. The van der Waals surface area contributed by atoms with Gasteiger partial charge in [0.25, 0.3) is 0 Å². The van der Waals surface area contributed by atoms with Crippen LogP contribution in [-0.2, 0) is 11.2 Å². The molecule has 0 N–H and O–H groups in total. The van der Waals surface area contributed by atoms with E-state index < -0.39 is 6.04 Å². The zero-order valence-corrected chi connectivity index (χ0v) is 20.2. The van der Waals surface area contributed by atoms with Crippen molar-refractivity contribution in [1.82, 2.24) is 0 Å². The molecule has 1 atom stereocenters. The highest BCUT2D eigenvalue weighted by Crippen LogP contribution is 2.44. The topological polar surface area (TPSA) is 48.0 Å². The van der Waals surface area contributed by atoms with Gasteiger partial charge in [-0.05, 0) is 73.0 Å². The van der Waals surface area contributed by atoms with Gasteiger partial charge < -0.3 is 19.1 Å². The number of hydrogen-bond acceptors (Lipinski definition) is 4. The minimum absolute atomic E-state index is 0.0553. The molecule has 1 heterocycles. The predicted octanol–water partition coefficient (Wildman–Crippen LogP) is 6.48. The summed E-state index contributed by atoms with van der Waals surface area (Å²) in [6, 6.07) is 16.4. The summed E-state index contributed by atoms with van der Waals surface area (Å²) < 4.78 is 17.0.